The fourth-order valence-corrected chi connectivity index (χ4v) is 2.34. The van der Waals surface area contributed by atoms with Crippen LogP contribution in [0.4, 0.5) is 0 Å². The number of rotatable bonds is 11. The third-order valence-corrected chi connectivity index (χ3v) is 3.88. The monoisotopic (exact) mass is 293 g/mol. The van der Waals surface area contributed by atoms with Gasteiger partial charge in [0.25, 0.3) is 0 Å². The number of nitrogens with one attached hydrogen (secondary N) is 1. The standard InChI is InChI=1S/C18H31NO2/c1-5-6-7-8-9-10-13-21-18-14-16(20-4)11-12-17(18)15(2)19-3/h11-12,14-15,19H,5-10,13H2,1-4H3. The van der Waals surface area contributed by atoms with Gasteiger partial charge in [-0.15, -0.1) is 0 Å². The number of unbranched alkanes of at least 4 members (excludes halogenated alkanes) is 5. The average Bonchev–Trinajstić information content (AvgIpc) is 2.53. The zero-order chi connectivity index (χ0) is 15.5. The molecule has 120 valence electrons. The molecule has 0 aromatic heterocycles. The van der Waals surface area contributed by atoms with E-state index >= 15 is 0 Å². The Morgan fingerprint density at radius 1 is 1.10 bits per heavy atom. The van der Waals surface area contributed by atoms with Crippen molar-refractivity contribution in [1.29, 1.82) is 0 Å². The van der Waals surface area contributed by atoms with Crippen LogP contribution in [-0.4, -0.2) is 20.8 Å². The van der Waals surface area contributed by atoms with Gasteiger partial charge < -0.3 is 14.8 Å². The molecule has 0 aliphatic rings. The van der Waals surface area contributed by atoms with E-state index in [9.17, 15) is 0 Å². The van der Waals surface area contributed by atoms with E-state index in [2.05, 4.69) is 25.2 Å². The number of benzene rings is 1. The molecule has 3 nitrogen and oxygen atoms in total. The van der Waals surface area contributed by atoms with E-state index in [4.69, 9.17) is 9.47 Å². The minimum Gasteiger partial charge on any atom is -0.497 e. The Morgan fingerprint density at radius 3 is 2.48 bits per heavy atom. The number of methoxy groups -OCH3 is 1. The first-order valence-electron chi connectivity index (χ1n) is 8.21. The molecule has 1 atom stereocenters. The molecule has 0 aliphatic heterocycles. The molecular weight excluding hydrogens is 262 g/mol. The molecule has 0 bridgehead atoms. The molecule has 0 amide bonds. The van der Waals surface area contributed by atoms with Gasteiger partial charge in [0.05, 0.1) is 13.7 Å². The predicted octanol–water partition coefficient (Wildman–Crippen LogP) is 4.71. The second-order valence-electron chi connectivity index (χ2n) is 5.53. The lowest BCUT2D eigenvalue weighted by molar-refractivity contribution is 0.296. The molecule has 0 saturated heterocycles. The van der Waals surface area contributed by atoms with Crippen molar-refractivity contribution in [3.63, 3.8) is 0 Å². The highest BCUT2D eigenvalue weighted by molar-refractivity contribution is 5.42. The van der Waals surface area contributed by atoms with Crippen LogP contribution in [0.2, 0.25) is 0 Å². The van der Waals surface area contributed by atoms with Gasteiger partial charge in [0.2, 0.25) is 0 Å². The first kappa shape index (κ1) is 17.8. The Hall–Kier alpha value is -1.22. The van der Waals surface area contributed by atoms with Gasteiger partial charge in [-0.1, -0.05) is 45.1 Å². The molecule has 21 heavy (non-hydrogen) atoms. The van der Waals surface area contributed by atoms with Crippen LogP contribution in [-0.2, 0) is 0 Å². The highest BCUT2D eigenvalue weighted by atomic mass is 16.5. The fourth-order valence-electron chi connectivity index (χ4n) is 2.34. The second kappa shape index (κ2) is 10.5. The molecule has 1 rings (SSSR count). The van der Waals surface area contributed by atoms with E-state index in [0.29, 0.717) is 0 Å². The highest BCUT2D eigenvalue weighted by Crippen LogP contribution is 2.29. The molecular formula is C18H31NO2. The van der Waals surface area contributed by atoms with Crippen molar-refractivity contribution < 1.29 is 9.47 Å². The third kappa shape index (κ3) is 6.38. The van der Waals surface area contributed by atoms with Gasteiger partial charge >= 0.3 is 0 Å². The van der Waals surface area contributed by atoms with Crippen LogP contribution in [0.1, 0.15) is 64.0 Å². The first-order valence-corrected chi connectivity index (χ1v) is 8.21. The summed E-state index contributed by atoms with van der Waals surface area (Å²) in [6.07, 6.45) is 7.67. The molecule has 0 aliphatic carbocycles. The highest BCUT2D eigenvalue weighted by Gasteiger charge is 2.11. The van der Waals surface area contributed by atoms with Gasteiger partial charge in [0.1, 0.15) is 11.5 Å². The van der Waals surface area contributed by atoms with Crippen molar-refractivity contribution in [2.24, 2.45) is 0 Å². The van der Waals surface area contributed by atoms with E-state index in [1.807, 2.05) is 19.2 Å². The van der Waals surface area contributed by atoms with Gasteiger partial charge in [0.15, 0.2) is 0 Å². The van der Waals surface area contributed by atoms with Crippen LogP contribution >= 0.6 is 0 Å². The Kier molecular flexibility index (Phi) is 8.91. The smallest absolute Gasteiger partial charge is 0.127 e. The predicted molar refractivity (Wildman–Crippen MR) is 89.3 cm³/mol. The Balaban J connectivity index is 2.48. The summed E-state index contributed by atoms with van der Waals surface area (Å²) < 4.78 is 11.3. The van der Waals surface area contributed by atoms with E-state index in [-0.39, 0.29) is 6.04 Å². The summed E-state index contributed by atoms with van der Waals surface area (Å²) >= 11 is 0. The maximum Gasteiger partial charge on any atom is 0.127 e. The zero-order valence-corrected chi connectivity index (χ0v) is 14.1. The maximum atomic E-state index is 5.99. The van der Waals surface area contributed by atoms with E-state index in [1.54, 1.807) is 7.11 Å². The molecule has 1 N–H and O–H groups in total. The van der Waals surface area contributed by atoms with E-state index < -0.39 is 0 Å². The van der Waals surface area contributed by atoms with Crippen molar-refractivity contribution in [3.05, 3.63) is 23.8 Å². The van der Waals surface area contributed by atoms with Crippen molar-refractivity contribution in [2.45, 2.75) is 58.4 Å². The Labute approximate surface area is 130 Å². The van der Waals surface area contributed by atoms with E-state index in [0.717, 1.165) is 24.5 Å². The SMILES string of the molecule is CCCCCCCCOc1cc(OC)ccc1C(C)NC. The molecule has 0 spiro atoms. The molecule has 0 radical (unpaired) electrons. The van der Waals surface area contributed by atoms with Crippen LogP contribution in [0.5, 0.6) is 11.5 Å². The van der Waals surface area contributed by atoms with Crippen LogP contribution < -0.4 is 14.8 Å². The number of hydrogen-bond donors (Lipinski definition) is 1. The second-order valence-corrected chi connectivity index (χ2v) is 5.53. The van der Waals surface area contributed by atoms with Gasteiger partial charge in [0, 0.05) is 17.7 Å². The van der Waals surface area contributed by atoms with E-state index in [1.165, 1.54) is 37.7 Å². The molecule has 1 aromatic carbocycles. The van der Waals surface area contributed by atoms with Crippen molar-refractivity contribution >= 4 is 0 Å². The normalized spacial score (nSPS) is 12.2. The minimum atomic E-state index is 0.274. The lowest BCUT2D eigenvalue weighted by Gasteiger charge is -2.17. The van der Waals surface area contributed by atoms with Gasteiger partial charge in [-0.25, -0.2) is 0 Å². The Bertz CT molecular complexity index is 393. The van der Waals surface area contributed by atoms with Crippen LogP contribution in [0.15, 0.2) is 18.2 Å². The quantitative estimate of drug-likeness (QED) is 0.599. The summed E-state index contributed by atoms with van der Waals surface area (Å²) in [7, 11) is 3.65. The lowest BCUT2D eigenvalue weighted by atomic mass is 10.1. The summed E-state index contributed by atoms with van der Waals surface area (Å²) in [6, 6.07) is 6.33. The summed E-state index contributed by atoms with van der Waals surface area (Å²) in [4.78, 5) is 0. The zero-order valence-electron chi connectivity index (χ0n) is 14.1. The van der Waals surface area contributed by atoms with Crippen molar-refractivity contribution in [3.8, 4) is 11.5 Å². The number of hydrogen-bond acceptors (Lipinski definition) is 3. The van der Waals surface area contributed by atoms with Gasteiger partial charge in [-0.05, 0) is 26.5 Å². The summed E-state index contributed by atoms with van der Waals surface area (Å²) in [5.41, 5.74) is 1.18. The van der Waals surface area contributed by atoms with Gasteiger partial charge in [-0.3, -0.25) is 0 Å². The minimum absolute atomic E-state index is 0.274. The summed E-state index contributed by atoms with van der Waals surface area (Å²) in [5, 5.41) is 3.26. The molecule has 1 aromatic rings. The fraction of sp³-hybridized carbons (Fsp3) is 0.667. The molecule has 0 heterocycles. The van der Waals surface area contributed by atoms with Crippen LogP contribution in [0.3, 0.4) is 0 Å². The maximum absolute atomic E-state index is 5.99. The summed E-state index contributed by atoms with van der Waals surface area (Å²) in [5.74, 6) is 1.78. The molecule has 0 saturated carbocycles. The van der Waals surface area contributed by atoms with Crippen molar-refractivity contribution in [1.82, 2.24) is 5.32 Å². The molecule has 1 unspecified atom stereocenters. The number of ether oxygens (including phenoxy) is 2. The largest absolute Gasteiger partial charge is 0.497 e. The molecule has 3 heteroatoms. The first-order chi connectivity index (χ1) is 10.2. The third-order valence-electron chi connectivity index (χ3n) is 3.88. The molecule has 0 fully saturated rings. The topological polar surface area (TPSA) is 30.5 Å². The summed E-state index contributed by atoms with van der Waals surface area (Å²) in [6.45, 7) is 5.17. The average molecular weight is 293 g/mol. The van der Waals surface area contributed by atoms with Crippen molar-refractivity contribution in [2.75, 3.05) is 20.8 Å². The Morgan fingerprint density at radius 2 is 1.81 bits per heavy atom. The van der Waals surface area contributed by atoms with Crippen LogP contribution in [0, 0.1) is 0 Å². The van der Waals surface area contributed by atoms with Gasteiger partial charge in [-0.2, -0.15) is 0 Å². The lowest BCUT2D eigenvalue weighted by Crippen LogP contribution is -2.14. The van der Waals surface area contributed by atoms with Crippen LogP contribution in [0.25, 0.3) is 0 Å².